The smallest absolute Gasteiger partial charge is 0.258 e. The number of hydrogen-bond acceptors (Lipinski definition) is 5. The van der Waals surface area contributed by atoms with E-state index in [1.165, 1.54) is 0 Å². The summed E-state index contributed by atoms with van der Waals surface area (Å²) in [5, 5.41) is 2.97. The molecule has 0 aromatic heterocycles. The zero-order valence-electron chi connectivity index (χ0n) is 20.4. The van der Waals surface area contributed by atoms with Crippen molar-refractivity contribution in [1.29, 1.82) is 0 Å². The van der Waals surface area contributed by atoms with E-state index in [4.69, 9.17) is 14.2 Å². The Morgan fingerprint density at radius 3 is 2.61 bits per heavy atom. The van der Waals surface area contributed by atoms with E-state index in [0.717, 1.165) is 41.8 Å². The van der Waals surface area contributed by atoms with E-state index >= 15 is 0 Å². The van der Waals surface area contributed by atoms with Crippen LogP contribution in [0.25, 0.3) is 0 Å². The van der Waals surface area contributed by atoms with Gasteiger partial charge in [-0.25, -0.2) is 0 Å². The molecule has 2 heterocycles. The van der Waals surface area contributed by atoms with Gasteiger partial charge in [0.2, 0.25) is 12.7 Å². The number of rotatable bonds is 8. The average molecular weight is 487 g/mol. The van der Waals surface area contributed by atoms with Crippen LogP contribution in [0.3, 0.4) is 0 Å². The summed E-state index contributed by atoms with van der Waals surface area (Å²) in [7, 11) is 0. The fraction of sp³-hybridized carbons (Fsp3) is 0.310. The highest BCUT2D eigenvalue weighted by Crippen LogP contribution is 2.33. The van der Waals surface area contributed by atoms with E-state index in [9.17, 15) is 9.59 Å². The summed E-state index contributed by atoms with van der Waals surface area (Å²) in [6.45, 7) is 3.86. The monoisotopic (exact) mass is 486 g/mol. The summed E-state index contributed by atoms with van der Waals surface area (Å²) < 4.78 is 16.5. The van der Waals surface area contributed by atoms with Gasteiger partial charge in [-0.2, -0.15) is 0 Å². The van der Waals surface area contributed by atoms with E-state index in [0.29, 0.717) is 30.2 Å². The quantitative estimate of drug-likeness (QED) is 0.511. The normalized spacial score (nSPS) is 16.1. The molecule has 1 atom stereocenters. The van der Waals surface area contributed by atoms with Crippen molar-refractivity contribution in [3.05, 3.63) is 89.0 Å². The Labute approximate surface area is 211 Å². The first-order valence-corrected chi connectivity index (χ1v) is 12.3. The van der Waals surface area contributed by atoms with Crippen LogP contribution in [-0.2, 0) is 22.5 Å². The number of nitrogens with one attached hydrogen (secondary N) is 1. The van der Waals surface area contributed by atoms with Crippen molar-refractivity contribution in [3.8, 4) is 11.5 Å². The standard InChI is InChI=1S/C29H30N2O5/c1-20-7-9-21(10-8-20)18-31(29(33)23-11-12-26-27(16-23)36-19-35-26)24-5-2-4-22(14-24)15-28(32)30-17-25-6-3-13-34-25/h2,4-5,7-12,14,16,25H,3,6,13,15,17-19H2,1H3,(H,30,32)/t25-/m1/s1. The summed E-state index contributed by atoms with van der Waals surface area (Å²) >= 11 is 0. The van der Waals surface area contributed by atoms with Crippen LogP contribution in [0.2, 0.25) is 0 Å². The molecule has 2 amide bonds. The maximum Gasteiger partial charge on any atom is 0.258 e. The molecule has 0 saturated carbocycles. The largest absolute Gasteiger partial charge is 0.454 e. The lowest BCUT2D eigenvalue weighted by Gasteiger charge is -2.24. The molecule has 0 radical (unpaired) electrons. The van der Waals surface area contributed by atoms with Gasteiger partial charge in [-0.05, 0) is 61.2 Å². The Kier molecular flexibility index (Phi) is 7.18. The summed E-state index contributed by atoms with van der Waals surface area (Å²) in [4.78, 5) is 28.0. The lowest BCUT2D eigenvalue weighted by molar-refractivity contribution is -0.120. The molecule has 3 aromatic rings. The van der Waals surface area contributed by atoms with Gasteiger partial charge < -0.3 is 24.4 Å². The van der Waals surface area contributed by atoms with Crippen molar-refractivity contribution < 1.29 is 23.8 Å². The molecule has 7 heteroatoms. The highest BCUT2D eigenvalue weighted by molar-refractivity contribution is 6.06. The molecule has 186 valence electrons. The van der Waals surface area contributed by atoms with Crippen LogP contribution in [0.4, 0.5) is 5.69 Å². The Hall–Kier alpha value is -3.84. The molecule has 2 aliphatic rings. The third-order valence-corrected chi connectivity index (χ3v) is 6.46. The van der Waals surface area contributed by atoms with E-state index < -0.39 is 0 Å². The second kappa shape index (κ2) is 10.8. The van der Waals surface area contributed by atoms with Crippen LogP contribution < -0.4 is 19.7 Å². The minimum Gasteiger partial charge on any atom is -0.454 e. The van der Waals surface area contributed by atoms with Crippen molar-refractivity contribution >= 4 is 17.5 Å². The Bertz CT molecular complexity index is 1230. The number of carbonyl (C=O) groups is 2. The summed E-state index contributed by atoms with van der Waals surface area (Å²) in [5.74, 6) is 0.976. The van der Waals surface area contributed by atoms with Crippen LogP contribution in [0.5, 0.6) is 11.5 Å². The highest BCUT2D eigenvalue weighted by Gasteiger charge is 2.23. The number of aryl methyl sites for hydroxylation is 1. The number of hydrogen-bond donors (Lipinski definition) is 1. The summed E-state index contributed by atoms with van der Waals surface area (Å²) in [6, 6.07) is 20.9. The number of anilines is 1. The van der Waals surface area contributed by atoms with Crippen molar-refractivity contribution in [3.63, 3.8) is 0 Å². The second-order valence-corrected chi connectivity index (χ2v) is 9.23. The number of fused-ring (bicyclic) bond motifs is 1. The topological polar surface area (TPSA) is 77.1 Å². The number of amides is 2. The SMILES string of the molecule is Cc1ccc(CN(C(=O)c2ccc3c(c2)OCO3)c2cccc(CC(=O)NC[C@H]3CCCO3)c2)cc1. The van der Waals surface area contributed by atoms with Crippen LogP contribution >= 0.6 is 0 Å². The van der Waals surface area contributed by atoms with Gasteiger partial charge in [-0.1, -0.05) is 42.0 Å². The van der Waals surface area contributed by atoms with Crippen LogP contribution in [0.15, 0.2) is 66.7 Å². The zero-order valence-corrected chi connectivity index (χ0v) is 20.4. The molecule has 5 rings (SSSR count). The maximum atomic E-state index is 13.7. The molecule has 0 unspecified atom stereocenters. The molecule has 1 fully saturated rings. The van der Waals surface area contributed by atoms with Crippen molar-refractivity contribution in [1.82, 2.24) is 5.32 Å². The van der Waals surface area contributed by atoms with E-state index in [1.807, 2.05) is 55.5 Å². The molecule has 0 aliphatic carbocycles. The van der Waals surface area contributed by atoms with Crippen molar-refractivity contribution in [2.45, 2.75) is 38.8 Å². The third-order valence-electron chi connectivity index (χ3n) is 6.46. The molecule has 2 aliphatic heterocycles. The first kappa shape index (κ1) is 23.9. The first-order valence-electron chi connectivity index (χ1n) is 12.3. The van der Waals surface area contributed by atoms with Gasteiger partial charge in [0.05, 0.1) is 19.1 Å². The fourth-order valence-electron chi connectivity index (χ4n) is 4.46. The molecule has 3 aromatic carbocycles. The fourth-order valence-corrected chi connectivity index (χ4v) is 4.46. The molecule has 36 heavy (non-hydrogen) atoms. The van der Waals surface area contributed by atoms with Gasteiger partial charge >= 0.3 is 0 Å². The lowest BCUT2D eigenvalue weighted by atomic mass is 10.1. The molecular weight excluding hydrogens is 456 g/mol. The van der Waals surface area contributed by atoms with Crippen LogP contribution in [0, 0.1) is 6.92 Å². The van der Waals surface area contributed by atoms with Gasteiger partial charge in [-0.15, -0.1) is 0 Å². The van der Waals surface area contributed by atoms with Gasteiger partial charge in [0.1, 0.15) is 0 Å². The molecular formula is C29H30N2O5. The molecule has 7 nitrogen and oxygen atoms in total. The van der Waals surface area contributed by atoms with Gasteiger partial charge in [-0.3, -0.25) is 9.59 Å². The molecule has 0 spiro atoms. The van der Waals surface area contributed by atoms with Gasteiger partial charge in [0, 0.05) is 24.4 Å². The molecule has 1 saturated heterocycles. The predicted molar refractivity (Wildman–Crippen MR) is 136 cm³/mol. The molecule has 0 bridgehead atoms. The Morgan fingerprint density at radius 2 is 1.81 bits per heavy atom. The van der Waals surface area contributed by atoms with Crippen LogP contribution in [-0.4, -0.2) is 37.9 Å². The van der Waals surface area contributed by atoms with Gasteiger partial charge in [0.25, 0.3) is 5.91 Å². The third kappa shape index (κ3) is 5.69. The van der Waals surface area contributed by atoms with E-state index in [2.05, 4.69) is 5.32 Å². The minimum absolute atomic E-state index is 0.0603. The Balaban J connectivity index is 1.37. The number of ether oxygens (including phenoxy) is 3. The second-order valence-electron chi connectivity index (χ2n) is 9.23. The lowest BCUT2D eigenvalue weighted by Crippen LogP contribution is -2.33. The van der Waals surface area contributed by atoms with Crippen molar-refractivity contribution in [2.75, 3.05) is 24.8 Å². The number of carbonyl (C=O) groups excluding carboxylic acids is 2. The van der Waals surface area contributed by atoms with Crippen molar-refractivity contribution in [2.24, 2.45) is 0 Å². The zero-order chi connectivity index (χ0) is 24.9. The molecule has 1 N–H and O–H groups in total. The average Bonchev–Trinajstić information content (AvgIpc) is 3.58. The predicted octanol–water partition coefficient (Wildman–Crippen LogP) is 4.41. The number of benzene rings is 3. The summed E-state index contributed by atoms with van der Waals surface area (Å²) in [6.07, 6.45) is 2.35. The summed E-state index contributed by atoms with van der Waals surface area (Å²) in [5.41, 5.74) is 4.23. The maximum absolute atomic E-state index is 13.7. The van der Waals surface area contributed by atoms with E-state index in [-0.39, 0.29) is 31.1 Å². The minimum atomic E-state index is -0.158. The number of nitrogens with zero attached hydrogens (tertiary/aromatic N) is 1. The van der Waals surface area contributed by atoms with Gasteiger partial charge in [0.15, 0.2) is 11.5 Å². The van der Waals surface area contributed by atoms with E-state index in [1.54, 1.807) is 23.1 Å². The first-order chi connectivity index (χ1) is 17.5. The highest BCUT2D eigenvalue weighted by atomic mass is 16.7. The Morgan fingerprint density at radius 1 is 0.972 bits per heavy atom. The van der Waals surface area contributed by atoms with Crippen LogP contribution in [0.1, 0.15) is 39.9 Å².